The van der Waals surface area contributed by atoms with Crippen LogP contribution < -0.4 is 14.4 Å². The lowest BCUT2D eigenvalue weighted by Gasteiger charge is -2.44. The van der Waals surface area contributed by atoms with E-state index in [0.717, 1.165) is 65.7 Å². The predicted octanol–water partition coefficient (Wildman–Crippen LogP) is 8.70. The van der Waals surface area contributed by atoms with Gasteiger partial charge < -0.3 is 14.2 Å². The first-order valence-electron chi connectivity index (χ1n) is 14.4. The van der Waals surface area contributed by atoms with Gasteiger partial charge in [-0.1, -0.05) is 84.7 Å². The van der Waals surface area contributed by atoms with E-state index in [1.807, 2.05) is 36.5 Å². The van der Waals surface area contributed by atoms with Gasteiger partial charge in [-0.3, -0.25) is 0 Å². The highest BCUT2D eigenvalue weighted by atomic mass is 35.5. The van der Waals surface area contributed by atoms with Crippen molar-refractivity contribution in [1.82, 2.24) is 9.71 Å². The monoisotopic (exact) mass is 631 g/mol. The minimum atomic E-state index is -1.05. The van der Waals surface area contributed by atoms with Crippen molar-refractivity contribution >= 4 is 52.0 Å². The maximum Gasteiger partial charge on any atom is 0.154 e. The summed E-state index contributed by atoms with van der Waals surface area (Å²) in [6.45, 7) is 8.62. The molecule has 1 spiro atoms. The molecule has 0 radical (unpaired) electrons. The molecule has 5 nitrogen and oxygen atoms in total. The maximum atomic E-state index is 13.1. The van der Waals surface area contributed by atoms with Gasteiger partial charge in [-0.25, -0.2) is 4.98 Å². The Morgan fingerprint density at radius 2 is 1.88 bits per heavy atom. The first kappa shape index (κ1) is 30.8. The average Bonchev–Trinajstić information content (AvgIpc) is 3.36. The molecule has 5 rings (SSSR count). The molecule has 2 fully saturated rings. The highest BCUT2D eigenvalue weighted by Gasteiger charge is 2.48. The van der Waals surface area contributed by atoms with Gasteiger partial charge in [0.05, 0.1) is 28.0 Å². The smallest absolute Gasteiger partial charge is 0.154 e. The predicted molar refractivity (Wildman–Crippen MR) is 173 cm³/mol. The van der Waals surface area contributed by atoms with E-state index in [1.165, 1.54) is 24.6 Å². The van der Waals surface area contributed by atoms with Crippen LogP contribution in [0.15, 0.2) is 70.7 Å². The Labute approximate surface area is 262 Å². The molecule has 1 saturated heterocycles. The molecule has 1 N–H and O–H groups in total. The van der Waals surface area contributed by atoms with Crippen LogP contribution in [0, 0.1) is 5.41 Å². The number of pyridine rings is 1. The van der Waals surface area contributed by atoms with E-state index < -0.39 is 11.4 Å². The number of hydrogen-bond acceptors (Lipinski definition) is 6. The summed E-state index contributed by atoms with van der Waals surface area (Å²) in [7, 11) is 0. The molecule has 1 aliphatic carbocycles. The number of nitrogens with zero attached hydrogens (tertiary/aromatic N) is 2. The zero-order chi connectivity index (χ0) is 29.0. The highest BCUT2D eigenvalue weighted by molar-refractivity contribution is 7.99. The van der Waals surface area contributed by atoms with Crippen molar-refractivity contribution < 1.29 is 9.29 Å². The Kier molecular flexibility index (Phi) is 10.0. The van der Waals surface area contributed by atoms with Crippen LogP contribution in [0.1, 0.15) is 64.9 Å². The second-order valence-electron chi connectivity index (χ2n) is 11.7. The Balaban J connectivity index is 1.32. The first-order chi connectivity index (χ1) is 19.7. The summed E-state index contributed by atoms with van der Waals surface area (Å²) in [6, 6.07) is 18.2. The van der Waals surface area contributed by atoms with Crippen LogP contribution in [0.3, 0.4) is 0 Å². The largest absolute Gasteiger partial charge is 0.598 e. The van der Waals surface area contributed by atoms with Gasteiger partial charge in [-0.2, -0.15) is 0 Å². The van der Waals surface area contributed by atoms with Gasteiger partial charge in [0.15, 0.2) is 5.75 Å². The molecule has 41 heavy (non-hydrogen) atoms. The van der Waals surface area contributed by atoms with Crippen LogP contribution in [0.5, 0.6) is 5.75 Å². The van der Waals surface area contributed by atoms with Crippen molar-refractivity contribution in [2.45, 2.75) is 86.6 Å². The van der Waals surface area contributed by atoms with Crippen molar-refractivity contribution in [1.29, 1.82) is 0 Å². The molecule has 220 valence electrons. The average molecular weight is 633 g/mol. The molecule has 0 amide bonds. The van der Waals surface area contributed by atoms with Crippen molar-refractivity contribution in [2.75, 3.05) is 18.0 Å². The van der Waals surface area contributed by atoms with Crippen molar-refractivity contribution in [3.63, 3.8) is 0 Å². The third kappa shape index (κ3) is 7.14. The second-order valence-corrected chi connectivity index (χ2v) is 15.4. The van der Waals surface area contributed by atoms with E-state index in [2.05, 4.69) is 48.6 Å². The first-order valence-corrected chi connectivity index (χ1v) is 17.1. The molecule has 1 saturated carbocycles. The lowest BCUT2D eigenvalue weighted by Crippen LogP contribution is -2.53. The number of rotatable bonds is 10. The van der Waals surface area contributed by atoms with E-state index in [-0.39, 0.29) is 10.2 Å². The standard InChI is InChI=1S/C32H39Cl2N3O2S2/c1-4-31(2,3)41(38)36-28-14-9-15-32(28)16-18-37(19-17-32)24-20-26(39-22-23-10-6-5-7-11-23)30(35-21-24)40-27-13-8-12-25(33)29(27)34/h5-8,10-13,20-21,28,36H,4,9,14-19,22H2,1-3H3/t28-,41-/m1/s1. The normalized spacial score (nSPS) is 19.5. The fraction of sp³-hybridized carbons (Fsp3) is 0.469. The summed E-state index contributed by atoms with van der Waals surface area (Å²) >= 11 is 13.2. The topological polar surface area (TPSA) is 60.5 Å². The minimum Gasteiger partial charge on any atom is -0.598 e. The minimum absolute atomic E-state index is 0.204. The maximum absolute atomic E-state index is 13.1. The molecule has 9 heteroatoms. The van der Waals surface area contributed by atoms with Crippen LogP contribution in [-0.2, 0) is 18.0 Å². The number of aromatic nitrogens is 1. The van der Waals surface area contributed by atoms with Crippen LogP contribution in [0.4, 0.5) is 5.69 Å². The Morgan fingerprint density at radius 3 is 2.61 bits per heavy atom. The van der Waals surface area contributed by atoms with E-state index in [1.54, 1.807) is 6.07 Å². The molecule has 3 aromatic rings. The number of hydrogen-bond donors (Lipinski definition) is 1. The van der Waals surface area contributed by atoms with Crippen molar-refractivity contribution in [3.05, 3.63) is 76.4 Å². The van der Waals surface area contributed by atoms with Crippen molar-refractivity contribution in [2.24, 2.45) is 5.41 Å². The van der Waals surface area contributed by atoms with Crippen molar-refractivity contribution in [3.8, 4) is 5.75 Å². The van der Waals surface area contributed by atoms with Gasteiger partial charge in [-0.05, 0) is 69.1 Å². The van der Waals surface area contributed by atoms with Gasteiger partial charge in [-0.15, -0.1) is 4.72 Å². The van der Waals surface area contributed by atoms with E-state index in [4.69, 9.17) is 32.9 Å². The third-order valence-electron chi connectivity index (χ3n) is 8.80. The van der Waals surface area contributed by atoms with Crippen LogP contribution in [0.2, 0.25) is 10.0 Å². The lowest BCUT2D eigenvalue weighted by molar-refractivity contribution is 0.187. The summed E-state index contributed by atoms with van der Waals surface area (Å²) in [4.78, 5) is 8.11. The highest BCUT2D eigenvalue weighted by Crippen LogP contribution is 2.48. The molecule has 0 unspecified atom stereocenters. The Hall–Kier alpha value is -1.61. The molecule has 1 aliphatic heterocycles. The number of benzene rings is 2. The third-order valence-corrected chi connectivity index (χ3v) is 12.6. The fourth-order valence-electron chi connectivity index (χ4n) is 5.73. The Morgan fingerprint density at radius 1 is 1.12 bits per heavy atom. The molecule has 1 aromatic heterocycles. The summed E-state index contributed by atoms with van der Waals surface area (Å²) in [5.74, 6) is 0.727. The molecular formula is C32H39Cl2N3O2S2. The summed E-state index contributed by atoms with van der Waals surface area (Å²) in [5.41, 5.74) is 2.36. The zero-order valence-electron chi connectivity index (χ0n) is 24.0. The van der Waals surface area contributed by atoms with E-state index in [9.17, 15) is 4.55 Å². The lowest BCUT2D eigenvalue weighted by atomic mass is 9.74. The van der Waals surface area contributed by atoms with Crippen LogP contribution in [-0.4, -0.2) is 33.4 Å². The molecule has 2 atom stereocenters. The SMILES string of the molecule is CCC(C)(C)[S@@+]([O-])N[C@@H]1CCCC12CCN(c1cnc(Sc3cccc(Cl)c3Cl)c(OCc3ccccc3)c1)CC2. The van der Waals surface area contributed by atoms with Crippen LogP contribution in [0.25, 0.3) is 0 Å². The van der Waals surface area contributed by atoms with Gasteiger partial charge >= 0.3 is 0 Å². The number of piperidine rings is 1. The summed E-state index contributed by atoms with van der Waals surface area (Å²) in [6.07, 6.45) is 8.46. The number of ether oxygens (including phenoxy) is 1. The van der Waals surface area contributed by atoms with Crippen LogP contribution >= 0.6 is 35.0 Å². The molecule has 2 aliphatic rings. The molecular weight excluding hydrogens is 593 g/mol. The molecule has 0 bridgehead atoms. The molecule has 2 aromatic carbocycles. The van der Waals surface area contributed by atoms with Gasteiger partial charge in [0.25, 0.3) is 0 Å². The van der Waals surface area contributed by atoms with Gasteiger partial charge in [0, 0.05) is 35.4 Å². The number of anilines is 1. The fourth-order valence-corrected chi connectivity index (χ4v) is 8.29. The zero-order valence-corrected chi connectivity index (χ0v) is 27.1. The number of halogens is 2. The summed E-state index contributed by atoms with van der Waals surface area (Å²) < 4.78 is 22.8. The Bertz CT molecular complexity index is 1320. The van der Waals surface area contributed by atoms with E-state index >= 15 is 0 Å². The quantitative estimate of drug-likeness (QED) is 0.226. The molecule has 2 heterocycles. The van der Waals surface area contributed by atoms with Gasteiger partial charge in [0.2, 0.25) is 0 Å². The summed E-state index contributed by atoms with van der Waals surface area (Å²) in [5, 5.41) is 1.79. The number of nitrogens with one attached hydrogen (secondary N) is 1. The second kappa shape index (κ2) is 13.4. The van der Waals surface area contributed by atoms with Gasteiger partial charge in [0.1, 0.15) is 16.4 Å². The van der Waals surface area contributed by atoms with E-state index in [0.29, 0.717) is 22.7 Å².